The molecule has 122 valence electrons. The second-order valence-electron chi connectivity index (χ2n) is 4.47. The molecule has 2 aromatic rings. The Bertz CT molecular complexity index is 552. The van der Waals surface area contributed by atoms with Crippen molar-refractivity contribution < 1.29 is 4.52 Å². The fraction of sp³-hybridized carbons (Fsp3) is 0.538. The Morgan fingerprint density at radius 2 is 2.27 bits per heavy atom. The predicted octanol–water partition coefficient (Wildman–Crippen LogP) is 1.34. The number of nitrogens with zero attached hydrogens (tertiary/aromatic N) is 5. The molecule has 0 aliphatic carbocycles. The Morgan fingerprint density at radius 1 is 1.41 bits per heavy atom. The summed E-state index contributed by atoms with van der Waals surface area (Å²) in [5, 5.41) is 14.4. The summed E-state index contributed by atoms with van der Waals surface area (Å²) in [5.41, 5.74) is 0. The molecule has 0 saturated carbocycles. The number of aliphatic imine (C=N–C) groups is 1. The summed E-state index contributed by atoms with van der Waals surface area (Å²) < 4.78 is 6.83. The zero-order valence-corrected chi connectivity index (χ0v) is 15.2. The van der Waals surface area contributed by atoms with Gasteiger partial charge in [-0.25, -0.2) is 4.99 Å². The van der Waals surface area contributed by atoms with Crippen molar-refractivity contribution >= 4 is 29.9 Å². The molecule has 9 heteroatoms. The summed E-state index contributed by atoms with van der Waals surface area (Å²) in [6.07, 6.45) is 4.71. The number of hydrogen-bond donors (Lipinski definition) is 2. The maximum Gasteiger partial charge on any atom is 0.223 e. The monoisotopic (exact) mass is 419 g/mol. The third-order valence-corrected chi connectivity index (χ3v) is 2.71. The lowest BCUT2D eigenvalue weighted by molar-refractivity contribution is 0.387. The van der Waals surface area contributed by atoms with Gasteiger partial charge in [0.2, 0.25) is 5.89 Å². The van der Waals surface area contributed by atoms with Gasteiger partial charge in [-0.3, -0.25) is 4.68 Å². The van der Waals surface area contributed by atoms with Crippen LogP contribution in [0.4, 0.5) is 0 Å². The van der Waals surface area contributed by atoms with Crippen molar-refractivity contribution in [3.63, 3.8) is 0 Å². The Kier molecular flexibility index (Phi) is 8.48. The summed E-state index contributed by atoms with van der Waals surface area (Å²) >= 11 is 0. The molecule has 0 fully saturated rings. The first-order chi connectivity index (χ1) is 10.3. The van der Waals surface area contributed by atoms with Crippen LogP contribution >= 0.6 is 24.0 Å². The topological polar surface area (TPSA) is 93.2 Å². The van der Waals surface area contributed by atoms with E-state index < -0.39 is 0 Å². The van der Waals surface area contributed by atoms with E-state index in [0.29, 0.717) is 18.3 Å². The SMILES string of the molecule is CCNC(=NCc1noc(C)n1)NCCCn1cccn1.I. The van der Waals surface area contributed by atoms with Crippen LogP contribution in [0.3, 0.4) is 0 Å². The molecule has 2 heterocycles. The number of hydrogen-bond acceptors (Lipinski definition) is 5. The second kappa shape index (κ2) is 10.1. The zero-order chi connectivity index (χ0) is 14.9. The quantitative estimate of drug-likeness (QED) is 0.305. The molecule has 2 rings (SSSR count). The third-order valence-electron chi connectivity index (χ3n) is 2.71. The number of aryl methyl sites for hydroxylation is 2. The van der Waals surface area contributed by atoms with Gasteiger partial charge in [-0.05, 0) is 19.4 Å². The third kappa shape index (κ3) is 6.41. The molecule has 0 saturated heterocycles. The van der Waals surface area contributed by atoms with Crippen LogP contribution in [0.15, 0.2) is 28.0 Å². The second-order valence-corrected chi connectivity index (χ2v) is 4.47. The number of halogens is 1. The number of aromatic nitrogens is 4. The minimum atomic E-state index is 0. The average molecular weight is 419 g/mol. The minimum absolute atomic E-state index is 0. The van der Waals surface area contributed by atoms with Gasteiger partial charge in [-0.2, -0.15) is 10.1 Å². The first-order valence-corrected chi connectivity index (χ1v) is 7.06. The van der Waals surface area contributed by atoms with E-state index in [1.54, 1.807) is 13.1 Å². The van der Waals surface area contributed by atoms with E-state index in [4.69, 9.17) is 4.52 Å². The van der Waals surface area contributed by atoms with Crippen LogP contribution in [0.25, 0.3) is 0 Å². The van der Waals surface area contributed by atoms with Gasteiger partial charge in [0.25, 0.3) is 0 Å². The van der Waals surface area contributed by atoms with Crippen LogP contribution in [0, 0.1) is 6.92 Å². The van der Waals surface area contributed by atoms with E-state index in [1.807, 2.05) is 23.9 Å². The smallest absolute Gasteiger partial charge is 0.223 e. The molecule has 0 amide bonds. The Balaban J connectivity index is 0.00000242. The highest BCUT2D eigenvalue weighted by Gasteiger charge is 2.02. The van der Waals surface area contributed by atoms with Crippen molar-refractivity contribution in [2.75, 3.05) is 13.1 Å². The molecule has 2 N–H and O–H groups in total. The van der Waals surface area contributed by atoms with Crippen LogP contribution in [0.2, 0.25) is 0 Å². The molecule has 0 aliphatic heterocycles. The first kappa shape index (κ1) is 18.4. The predicted molar refractivity (Wildman–Crippen MR) is 94.1 cm³/mol. The summed E-state index contributed by atoms with van der Waals surface area (Å²) in [4.78, 5) is 8.54. The van der Waals surface area contributed by atoms with Crippen molar-refractivity contribution in [3.8, 4) is 0 Å². The van der Waals surface area contributed by atoms with Crippen molar-refractivity contribution in [3.05, 3.63) is 30.2 Å². The Morgan fingerprint density at radius 3 is 2.91 bits per heavy atom. The van der Waals surface area contributed by atoms with Crippen LogP contribution in [-0.4, -0.2) is 39.0 Å². The van der Waals surface area contributed by atoms with Gasteiger partial charge in [-0.1, -0.05) is 5.16 Å². The molecule has 0 unspecified atom stereocenters. The van der Waals surface area contributed by atoms with Gasteiger partial charge >= 0.3 is 0 Å². The van der Waals surface area contributed by atoms with Crippen LogP contribution < -0.4 is 10.6 Å². The van der Waals surface area contributed by atoms with Crippen LogP contribution in [0.1, 0.15) is 25.1 Å². The van der Waals surface area contributed by atoms with Gasteiger partial charge in [0, 0.05) is 39.0 Å². The highest BCUT2D eigenvalue weighted by Crippen LogP contribution is 1.96. The lowest BCUT2D eigenvalue weighted by Crippen LogP contribution is -2.38. The standard InChI is InChI=1S/C13H21N7O.HI/c1-3-14-13(16-10-12-18-11(2)21-19-12)15-6-4-8-20-9-5-7-17-20;/h5,7,9H,3-4,6,8,10H2,1-2H3,(H2,14,15,16);1H. The maximum absolute atomic E-state index is 4.92. The molecule has 22 heavy (non-hydrogen) atoms. The molecule has 0 spiro atoms. The molecule has 0 atom stereocenters. The zero-order valence-electron chi connectivity index (χ0n) is 12.8. The van der Waals surface area contributed by atoms with E-state index in [1.165, 1.54) is 0 Å². The Hall–Kier alpha value is -1.65. The average Bonchev–Trinajstić information content (AvgIpc) is 3.12. The van der Waals surface area contributed by atoms with E-state index in [-0.39, 0.29) is 24.0 Å². The molecule has 0 aliphatic rings. The van der Waals surface area contributed by atoms with Gasteiger partial charge in [-0.15, -0.1) is 24.0 Å². The summed E-state index contributed by atoms with van der Waals surface area (Å²) in [7, 11) is 0. The fourth-order valence-corrected chi connectivity index (χ4v) is 1.78. The van der Waals surface area contributed by atoms with Crippen LogP contribution in [-0.2, 0) is 13.1 Å². The molecular formula is C13H22IN7O. The van der Waals surface area contributed by atoms with Crippen molar-refractivity contribution in [2.45, 2.75) is 33.4 Å². The maximum atomic E-state index is 4.92. The molecular weight excluding hydrogens is 397 g/mol. The molecule has 8 nitrogen and oxygen atoms in total. The number of rotatable bonds is 7. The minimum Gasteiger partial charge on any atom is -0.357 e. The first-order valence-electron chi connectivity index (χ1n) is 7.06. The van der Waals surface area contributed by atoms with Gasteiger partial charge < -0.3 is 15.2 Å². The van der Waals surface area contributed by atoms with Gasteiger partial charge in [0.15, 0.2) is 11.8 Å². The Labute approximate surface area is 146 Å². The molecule has 0 bridgehead atoms. The molecule has 2 aromatic heterocycles. The van der Waals surface area contributed by atoms with Crippen molar-refractivity contribution in [1.29, 1.82) is 0 Å². The van der Waals surface area contributed by atoms with E-state index in [9.17, 15) is 0 Å². The number of guanidine groups is 1. The highest BCUT2D eigenvalue weighted by molar-refractivity contribution is 14.0. The van der Waals surface area contributed by atoms with Crippen molar-refractivity contribution in [2.24, 2.45) is 4.99 Å². The van der Waals surface area contributed by atoms with Gasteiger partial charge in [0.1, 0.15) is 6.54 Å². The largest absolute Gasteiger partial charge is 0.357 e. The fourth-order valence-electron chi connectivity index (χ4n) is 1.78. The number of nitrogens with one attached hydrogen (secondary N) is 2. The molecule has 0 aromatic carbocycles. The van der Waals surface area contributed by atoms with Gasteiger partial charge in [0.05, 0.1) is 0 Å². The molecule has 0 radical (unpaired) electrons. The van der Waals surface area contributed by atoms with Crippen LogP contribution in [0.5, 0.6) is 0 Å². The van der Waals surface area contributed by atoms with E-state index in [0.717, 1.165) is 32.0 Å². The van der Waals surface area contributed by atoms with Crippen molar-refractivity contribution in [1.82, 2.24) is 30.6 Å². The van der Waals surface area contributed by atoms with E-state index in [2.05, 4.69) is 30.9 Å². The van der Waals surface area contributed by atoms with E-state index >= 15 is 0 Å². The summed E-state index contributed by atoms with van der Waals surface area (Å²) in [6, 6.07) is 1.92. The summed E-state index contributed by atoms with van der Waals surface area (Å²) in [6.45, 7) is 6.68. The lowest BCUT2D eigenvalue weighted by atomic mass is 10.4. The summed E-state index contributed by atoms with van der Waals surface area (Å²) in [5.74, 6) is 1.89. The normalized spacial score (nSPS) is 11.1. The highest BCUT2D eigenvalue weighted by atomic mass is 127. The lowest BCUT2D eigenvalue weighted by Gasteiger charge is -2.10.